The summed E-state index contributed by atoms with van der Waals surface area (Å²) in [7, 11) is 0. The molecule has 2 aromatic carbocycles. The van der Waals surface area contributed by atoms with Gasteiger partial charge in [0, 0.05) is 11.6 Å². The lowest BCUT2D eigenvalue weighted by Gasteiger charge is -2.22. The summed E-state index contributed by atoms with van der Waals surface area (Å²) < 4.78 is 11.2. The largest absolute Gasteiger partial charge is 0.484 e. The Hall–Kier alpha value is -2.72. The number of carbonyl (C=O) groups is 1. The van der Waals surface area contributed by atoms with Gasteiger partial charge in [0.05, 0.1) is 12.8 Å². The molecule has 0 fully saturated rings. The maximum atomic E-state index is 12.8. The van der Waals surface area contributed by atoms with Gasteiger partial charge in [-0.25, -0.2) is 0 Å². The van der Waals surface area contributed by atoms with Gasteiger partial charge in [-0.15, -0.1) is 0 Å². The lowest BCUT2D eigenvalue weighted by atomic mass is 10.1. The zero-order valence-electron chi connectivity index (χ0n) is 15.4. The first kappa shape index (κ1) is 19.1. The quantitative estimate of drug-likeness (QED) is 0.566. The van der Waals surface area contributed by atoms with E-state index in [9.17, 15) is 4.79 Å². The summed E-state index contributed by atoms with van der Waals surface area (Å²) in [4.78, 5) is 14.5. The Morgan fingerprint density at radius 1 is 1.04 bits per heavy atom. The fraction of sp³-hybridized carbons (Fsp3) is 0.227. The number of ether oxygens (including phenoxy) is 1. The van der Waals surface area contributed by atoms with Crippen molar-refractivity contribution in [2.75, 3.05) is 6.61 Å². The summed E-state index contributed by atoms with van der Waals surface area (Å²) in [5.41, 5.74) is 3.15. The van der Waals surface area contributed by atoms with Gasteiger partial charge in [-0.2, -0.15) is 0 Å². The first-order valence-corrected chi connectivity index (χ1v) is 9.13. The average molecular weight is 384 g/mol. The van der Waals surface area contributed by atoms with Crippen LogP contribution in [0, 0.1) is 13.8 Å². The molecule has 5 heteroatoms. The first-order chi connectivity index (χ1) is 13.0. The van der Waals surface area contributed by atoms with Crippen LogP contribution in [0.25, 0.3) is 0 Å². The van der Waals surface area contributed by atoms with Gasteiger partial charge in [-0.1, -0.05) is 29.8 Å². The molecule has 0 spiro atoms. The van der Waals surface area contributed by atoms with Gasteiger partial charge in [-0.3, -0.25) is 4.79 Å². The van der Waals surface area contributed by atoms with Gasteiger partial charge in [0.1, 0.15) is 11.5 Å². The van der Waals surface area contributed by atoms with Gasteiger partial charge in [0.15, 0.2) is 6.61 Å². The highest BCUT2D eigenvalue weighted by molar-refractivity contribution is 6.30. The molecule has 4 nitrogen and oxygen atoms in total. The number of halogens is 1. The number of aryl methyl sites for hydroxylation is 2. The molecule has 0 aliphatic heterocycles. The molecular weight excluding hydrogens is 362 g/mol. The summed E-state index contributed by atoms with van der Waals surface area (Å²) in [6.45, 7) is 4.77. The van der Waals surface area contributed by atoms with E-state index in [1.807, 2.05) is 62.4 Å². The van der Waals surface area contributed by atoms with Gasteiger partial charge in [0.2, 0.25) is 0 Å². The molecule has 0 saturated heterocycles. The number of hydrogen-bond acceptors (Lipinski definition) is 3. The molecule has 27 heavy (non-hydrogen) atoms. The maximum Gasteiger partial charge on any atom is 0.261 e. The van der Waals surface area contributed by atoms with Gasteiger partial charge in [0.25, 0.3) is 5.91 Å². The third kappa shape index (κ3) is 5.63. The number of hydrogen-bond donors (Lipinski definition) is 0. The number of rotatable bonds is 7. The van der Waals surface area contributed by atoms with Crippen LogP contribution >= 0.6 is 11.6 Å². The zero-order chi connectivity index (χ0) is 19.2. The van der Waals surface area contributed by atoms with Crippen molar-refractivity contribution in [2.24, 2.45) is 0 Å². The minimum atomic E-state index is -0.120. The number of furan rings is 1. The van der Waals surface area contributed by atoms with E-state index < -0.39 is 0 Å². The lowest BCUT2D eigenvalue weighted by molar-refractivity contribution is -0.134. The predicted molar refractivity (Wildman–Crippen MR) is 106 cm³/mol. The Morgan fingerprint density at radius 2 is 1.81 bits per heavy atom. The summed E-state index contributed by atoms with van der Waals surface area (Å²) in [5.74, 6) is 1.30. The molecule has 0 radical (unpaired) electrons. The van der Waals surface area contributed by atoms with Crippen LogP contribution in [0.15, 0.2) is 65.3 Å². The van der Waals surface area contributed by atoms with Gasteiger partial charge in [-0.05, 0) is 66.9 Å². The SMILES string of the molecule is Cc1cc(C)cc(OCC(=O)N(Cc2cccc(Cl)c2)Cc2ccco2)c1. The Kier molecular flexibility index (Phi) is 6.20. The molecule has 3 aromatic rings. The van der Waals surface area contributed by atoms with Crippen molar-refractivity contribution in [2.45, 2.75) is 26.9 Å². The Labute approximate surface area is 164 Å². The maximum absolute atomic E-state index is 12.8. The summed E-state index contributed by atoms with van der Waals surface area (Å²) in [6.07, 6.45) is 1.60. The third-order valence-corrected chi connectivity index (χ3v) is 4.33. The lowest BCUT2D eigenvalue weighted by Crippen LogP contribution is -2.34. The molecular formula is C22H22ClNO3. The molecule has 1 heterocycles. The van der Waals surface area contributed by atoms with Crippen LogP contribution in [0.4, 0.5) is 0 Å². The molecule has 0 aliphatic carbocycles. The van der Waals surface area contributed by atoms with E-state index in [2.05, 4.69) is 6.07 Å². The Bertz CT molecular complexity index is 885. The van der Waals surface area contributed by atoms with Crippen molar-refractivity contribution in [1.29, 1.82) is 0 Å². The highest BCUT2D eigenvalue weighted by atomic mass is 35.5. The number of amides is 1. The van der Waals surface area contributed by atoms with E-state index in [4.69, 9.17) is 20.8 Å². The van der Waals surface area contributed by atoms with Crippen LogP contribution < -0.4 is 4.74 Å². The second-order valence-corrected chi connectivity index (χ2v) is 7.01. The van der Waals surface area contributed by atoms with Crippen LogP contribution in [0.1, 0.15) is 22.5 Å². The van der Waals surface area contributed by atoms with E-state index in [0.717, 1.165) is 22.5 Å². The topological polar surface area (TPSA) is 42.7 Å². The van der Waals surface area contributed by atoms with Gasteiger partial charge < -0.3 is 14.1 Å². The average Bonchev–Trinajstić information content (AvgIpc) is 3.11. The molecule has 3 rings (SSSR count). The summed E-state index contributed by atoms with van der Waals surface area (Å²) >= 11 is 6.07. The Morgan fingerprint density at radius 3 is 2.48 bits per heavy atom. The van der Waals surface area contributed by atoms with E-state index in [-0.39, 0.29) is 12.5 Å². The van der Waals surface area contributed by atoms with Crippen molar-refractivity contribution in [1.82, 2.24) is 4.90 Å². The van der Waals surface area contributed by atoms with E-state index in [1.54, 1.807) is 11.2 Å². The third-order valence-electron chi connectivity index (χ3n) is 4.10. The van der Waals surface area contributed by atoms with E-state index in [1.165, 1.54) is 0 Å². The van der Waals surface area contributed by atoms with Crippen LogP contribution in [-0.2, 0) is 17.9 Å². The van der Waals surface area contributed by atoms with Crippen molar-refractivity contribution < 1.29 is 13.9 Å². The first-order valence-electron chi connectivity index (χ1n) is 8.75. The highest BCUT2D eigenvalue weighted by Gasteiger charge is 2.17. The van der Waals surface area contributed by atoms with Crippen molar-refractivity contribution >= 4 is 17.5 Å². The van der Waals surface area contributed by atoms with Crippen molar-refractivity contribution in [3.63, 3.8) is 0 Å². The van der Waals surface area contributed by atoms with Crippen LogP contribution in [0.3, 0.4) is 0 Å². The van der Waals surface area contributed by atoms with Crippen LogP contribution in [0.5, 0.6) is 5.75 Å². The molecule has 140 valence electrons. The smallest absolute Gasteiger partial charge is 0.261 e. The Balaban J connectivity index is 1.71. The fourth-order valence-electron chi connectivity index (χ4n) is 2.93. The van der Waals surface area contributed by atoms with Crippen LogP contribution in [0.2, 0.25) is 5.02 Å². The minimum Gasteiger partial charge on any atom is -0.484 e. The monoisotopic (exact) mass is 383 g/mol. The molecule has 0 bridgehead atoms. The molecule has 1 aromatic heterocycles. The van der Waals surface area contributed by atoms with Crippen molar-refractivity contribution in [3.8, 4) is 5.75 Å². The summed E-state index contributed by atoms with van der Waals surface area (Å²) in [6, 6.07) is 17.1. The van der Waals surface area contributed by atoms with E-state index in [0.29, 0.717) is 23.9 Å². The molecule has 1 amide bonds. The predicted octanol–water partition coefficient (Wildman–Crippen LogP) is 5.16. The highest BCUT2D eigenvalue weighted by Crippen LogP contribution is 2.18. The number of benzene rings is 2. The molecule has 0 unspecified atom stereocenters. The number of carbonyl (C=O) groups excluding carboxylic acids is 1. The van der Waals surface area contributed by atoms with Gasteiger partial charge >= 0.3 is 0 Å². The normalized spacial score (nSPS) is 10.6. The standard InChI is InChI=1S/C22H22ClNO3/c1-16-9-17(2)11-21(10-16)27-15-22(25)24(14-20-7-4-8-26-20)13-18-5-3-6-19(23)12-18/h3-12H,13-15H2,1-2H3. The zero-order valence-corrected chi connectivity index (χ0v) is 16.2. The minimum absolute atomic E-state index is 0.0375. The van der Waals surface area contributed by atoms with Crippen molar-refractivity contribution in [3.05, 3.63) is 88.3 Å². The molecule has 0 aliphatic rings. The van der Waals surface area contributed by atoms with Crippen LogP contribution in [-0.4, -0.2) is 17.4 Å². The molecule has 0 saturated carbocycles. The fourth-order valence-corrected chi connectivity index (χ4v) is 3.14. The molecule has 0 N–H and O–H groups in total. The molecule has 0 atom stereocenters. The second-order valence-electron chi connectivity index (χ2n) is 6.57. The summed E-state index contributed by atoms with van der Waals surface area (Å²) in [5, 5.41) is 0.643. The second kappa shape index (κ2) is 8.78. The number of nitrogens with zero attached hydrogens (tertiary/aromatic N) is 1. The van der Waals surface area contributed by atoms with E-state index >= 15 is 0 Å².